The minimum atomic E-state index is -1.28. The highest BCUT2D eigenvalue weighted by molar-refractivity contribution is 5.94. The fraction of sp³-hybridized carbons (Fsp3) is 0.333. The van der Waals surface area contributed by atoms with Crippen LogP contribution >= 0.6 is 0 Å². The Morgan fingerprint density at radius 3 is 2.74 bits per heavy atom. The normalized spacial score (nSPS) is 10.6. The molecule has 1 N–H and O–H groups in total. The summed E-state index contributed by atoms with van der Waals surface area (Å²) in [5, 5.41) is 13.2. The maximum absolute atomic E-state index is 12.1. The molecule has 2 aromatic heterocycles. The smallest absolute Gasteiger partial charge is 0.343 e. The summed E-state index contributed by atoms with van der Waals surface area (Å²) in [6, 6.07) is 0. The van der Waals surface area contributed by atoms with E-state index in [1.807, 2.05) is 6.92 Å². The highest BCUT2D eigenvalue weighted by Crippen LogP contribution is 2.17. The first-order valence-electron chi connectivity index (χ1n) is 5.86. The summed E-state index contributed by atoms with van der Waals surface area (Å²) in [4.78, 5) is 27.5. The van der Waals surface area contributed by atoms with Gasteiger partial charge in [-0.3, -0.25) is 14.0 Å². The molecule has 2 heterocycles. The molecule has 7 nitrogen and oxygen atoms in total. The van der Waals surface area contributed by atoms with Gasteiger partial charge < -0.3 is 5.11 Å². The molecule has 2 rings (SSSR count). The number of nitrogens with zero attached hydrogens (tertiary/aromatic N) is 4. The van der Waals surface area contributed by atoms with Crippen LogP contribution in [0.5, 0.6) is 0 Å². The summed E-state index contributed by atoms with van der Waals surface area (Å²) in [6.45, 7) is 2.35. The molecule has 0 aliphatic rings. The Balaban J connectivity index is 2.65. The molecule has 0 aliphatic heterocycles. The third-order valence-electron chi connectivity index (χ3n) is 2.69. The van der Waals surface area contributed by atoms with Crippen LogP contribution in [-0.2, 0) is 13.6 Å². The number of aromatic carboxylic acids is 1. The molecule has 0 aromatic carbocycles. The summed E-state index contributed by atoms with van der Waals surface area (Å²) < 4.78 is 2.84. The van der Waals surface area contributed by atoms with E-state index in [4.69, 9.17) is 0 Å². The van der Waals surface area contributed by atoms with E-state index in [1.54, 1.807) is 13.2 Å². The molecule has 0 saturated heterocycles. The molecule has 0 unspecified atom stereocenters. The monoisotopic (exact) mass is 262 g/mol. The van der Waals surface area contributed by atoms with Gasteiger partial charge in [-0.2, -0.15) is 5.10 Å². The third-order valence-corrected chi connectivity index (χ3v) is 2.69. The first kappa shape index (κ1) is 13.0. The summed E-state index contributed by atoms with van der Waals surface area (Å²) in [7, 11) is 1.71. The second-order valence-electron chi connectivity index (χ2n) is 4.17. The molecule has 0 aliphatic carbocycles. The minimum absolute atomic E-state index is 0.151. The lowest BCUT2D eigenvalue weighted by atomic mass is 10.1. The van der Waals surface area contributed by atoms with Crippen LogP contribution in [0.3, 0.4) is 0 Å². The van der Waals surface area contributed by atoms with E-state index in [0.29, 0.717) is 12.1 Å². The van der Waals surface area contributed by atoms with Gasteiger partial charge in [0.1, 0.15) is 0 Å². The number of rotatable bonds is 4. The van der Waals surface area contributed by atoms with Gasteiger partial charge in [-0.1, -0.05) is 6.92 Å². The van der Waals surface area contributed by atoms with E-state index in [-0.39, 0.29) is 11.3 Å². The molecule has 0 amide bonds. The van der Waals surface area contributed by atoms with Gasteiger partial charge >= 0.3 is 5.97 Å². The van der Waals surface area contributed by atoms with Crippen LogP contribution < -0.4 is 5.56 Å². The molecule has 0 radical (unpaired) electrons. The molecule has 100 valence electrons. The number of aromatic nitrogens is 4. The van der Waals surface area contributed by atoms with Gasteiger partial charge in [0.2, 0.25) is 0 Å². The van der Waals surface area contributed by atoms with Crippen molar-refractivity contribution in [3.8, 4) is 11.3 Å². The maximum atomic E-state index is 12.1. The molecule has 7 heteroatoms. The van der Waals surface area contributed by atoms with E-state index in [2.05, 4.69) is 10.1 Å². The predicted octanol–water partition coefficient (Wildman–Crippen LogP) is 0.752. The van der Waals surface area contributed by atoms with Crippen LogP contribution in [0.15, 0.2) is 23.5 Å². The molecule has 0 fully saturated rings. The van der Waals surface area contributed by atoms with Crippen LogP contribution in [0.2, 0.25) is 0 Å². The van der Waals surface area contributed by atoms with Crippen LogP contribution in [0.25, 0.3) is 11.3 Å². The molecule has 19 heavy (non-hydrogen) atoms. The fourth-order valence-electron chi connectivity index (χ4n) is 1.84. The molecule has 0 spiro atoms. The van der Waals surface area contributed by atoms with Gasteiger partial charge in [0, 0.05) is 25.4 Å². The largest absolute Gasteiger partial charge is 0.477 e. The van der Waals surface area contributed by atoms with Crippen LogP contribution in [0.1, 0.15) is 23.7 Å². The van der Waals surface area contributed by atoms with Crippen molar-refractivity contribution in [3.63, 3.8) is 0 Å². The van der Waals surface area contributed by atoms with Gasteiger partial charge in [0.15, 0.2) is 5.56 Å². The lowest BCUT2D eigenvalue weighted by molar-refractivity contribution is 0.0694. The van der Waals surface area contributed by atoms with Crippen molar-refractivity contribution in [2.45, 2.75) is 19.9 Å². The van der Waals surface area contributed by atoms with Crippen LogP contribution in [-0.4, -0.2) is 30.4 Å². The van der Waals surface area contributed by atoms with E-state index in [1.165, 1.54) is 21.8 Å². The second-order valence-corrected chi connectivity index (χ2v) is 4.17. The lowest BCUT2D eigenvalue weighted by Gasteiger charge is -2.07. The Hall–Kier alpha value is -2.44. The number of hydrogen-bond acceptors (Lipinski definition) is 4. The zero-order chi connectivity index (χ0) is 14.0. The SMILES string of the molecule is CCCn1cnc(-c2cnn(C)c2)c(C(=O)O)c1=O. The minimum Gasteiger partial charge on any atom is -0.477 e. The third kappa shape index (κ3) is 2.40. The second kappa shape index (κ2) is 5.05. The Labute approximate surface area is 109 Å². The van der Waals surface area contributed by atoms with Gasteiger partial charge in [-0.05, 0) is 6.42 Å². The average Bonchev–Trinajstić information content (AvgIpc) is 2.78. The maximum Gasteiger partial charge on any atom is 0.343 e. The van der Waals surface area contributed by atoms with E-state index < -0.39 is 11.5 Å². The van der Waals surface area contributed by atoms with E-state index in [0.717, 1.165) is 6.42 Å². The van der Waals surface area contributed by atoms with Crippen molar-refractivity contribution < 1.29 is 9.90 Å². The molecule has 0 saturated carbocycles. The van der Waals surface area contributed by atoms with Gasteiger partial charge in [0.05, 0.1) is 18.2 Å². The number of carboxylic acids is 1. The van der Waals surface area contributed by atoms with Crippen molar-refractivity contribution in [1.82, 2.24) is 19.3 Å². The lowest BCUT2D eigenvalue weighted by Crippen LogP contribution is -2.28. The van der Waals surface area contributed by atoms with Crippen LogP contribution in [0, 0.1) is 0 Å². The Bertz CT molecular complexity index is 672. The number of carboxylic acid groups (broad SMARTS) is 1. The number of carbonyl (C=O) groups is 1. The standard InChI is InChI=1S/C12H14N4O3/c1-3-4-16-7-13-10(8-5-14-15(2)6-8)9(11(16)17)12(18)19/h5-7H,3-4H2,1-2H3,(H,18,19). The molecular formula is C12H14N4O3. The zero-order valence-electron chi connectivity index (χ0n) is 10.7. The first-order chi connectivity index (χ1) is 9.04. The van der Waals surface area contributed by atoms with Gasteiger partial charge in [-0.25, -0.2) is 9.78 Å². The number of hydrogen-bond donors (Lipinski definition) is 1. The highest BCUT2D eigenvalue weighted by atomic mass is 16.4. The Morgan fingerprint density at radius 2 is 2.21 bits per heavy atom. The average molecular weight is 262 g/mol. The van der Waals surface area contributed by atoms with Crippen molar-refractivity contribution in [2.24, 2.45) is 7.05 Å². The topological polar surface area (TPSA) is 90.0 Å². The molecule has 0 atom stereocenters. The summed E-state index contributed by atoms with van der Waals surface area (Å²) in [6.07, 6.45) is 5.21. The molecule has 0 bridgehead atoms. The van der Waals surface area contributed by atoms with Gasteiger partial charge in [0.25, 0.3) is 5.56 Å². The van der Waals surface area contributed by atoms with Crippen molar-refractivity contribution in [1.29, 1.82) is 0 Å². The van der Waals surface area contributed by atoms with E-state index in [9.17, 15) is 14.7 Å². The van der Waals surface area contributed by atoms with Crippen molar-refractivity contribution in [3.05, 3.63) is 34.6 Å². The van der Waals surface area contributed by atoms with Crippen molar-refractivity contribution in [2.75, 3.05) is 0 Å². The predicted molar refractivity (Wildman–Crippen MR) is 67.9 cm³/mol. The Kier molecular flexibility index (Phi) is 3.46. The molecular weight excluding hydrogens is 248 g/mol. The quantitative estimate of drug-likeness (QED) is 0.878. The van der Waals surface area contributed by atoms with Crippen LogP contribution in [0.4, 0.5) is 0 Å². The highest BCUT2D eigenvalue weighted by Gasteiger charge is 2.20. The summed E-state index contributed by atoms with van der Waals surface area (Å²) >= 11 is 0. The first-order valence-corrected chi connectivity index (χ1v) is 5.86. The summed E-state index contributed by atoms with van der Waals surface area (Å²) in [5.74, 6) is -1.28. The number of aryl methyl sites for hydroxylation is 2. The Morgan fingerprint density at radius 1 is 1.47 bits per heavy atom. The molecule has 2 aromatic rings. The van der Waals surface area contributed by atoms with E-state index >= 15 is 0 Å². The van der Waals surface area contributed by atoms with Gasteiger partial charge in [-0.15, -0.1) is 0 Å². The summed E-state index contributed by atoms with van der Waals surface area (Å²) in [5.41, 5.74) is -0.189. The van der Waals surface area contributed by atoms with Crippen molar-refractivity contribution >= 4 is 5.97 Å². The fourth-order valence-corrected chi connectivity index (χ4v) is 1.84. The zero-order valence-corrected chi connectivity index (χ0v) is 10.7.